The van der Waals surface area contributed by atoms with Gasteiger partial charge in [0.15, 0.2) is 0 Å². The summed E-state index contributed by atoms with van der Waals surface area (Å²) in [5.41, 5.74) is 6.02. The molecule has 2 N–H and O–H groups in total. The highest BCUT2D eigenvalue weighted by atomic mass is 32.2. The maximum atomic E-state index is 13.5. The molecule has 17 heavy (non-hydrogen) atoms. The maximum Gasteiger partial charge on any atom is 0.243 e. The van der Waals surface area contributed by atoms with Crippen LogP contribution in [0.5, 0.6) is 0 Å². The van der Waals surface area contributed by atoms with E-state index in [2.05, 4.69) is 0 Å². The Kier molecular flexibility index (Phi) is 2.87. The van der Waals surface area contributed by atoms with Crippen LogP contribution in [0.1, 0.15) is 18.4 Å². The van der Waals surface area contributed by atoms with Crippen LogP contribution in [0, 0.1) is 12.7 Å². The number of hydrogen-bond acceptors (Lipinski definition) is 3. The predicted molar refractivity (Wildman–Crippen MR) is 63.5 cm³/mol. The molecule has 1 saturated carbocycles. The van der Waals surface area contributed by atoms with Crippen LogP contribution in [0.2, 0.25) is 0 Å². The Labute approximate surface area is 100 Å². The fraction of sp³-hybridized carbons (Fsp3) is 0.455. The second kappa shape index (κ2) is 3.96. The van der Waals surface area contributed by atoms with E-state index < -0.39 is 15.8 Å². The number of hydrogen-bond donors (Lipinski definition) is 1. The summed E-state index contributed by atoms with van der Waals surface area (Å²) in [7, 11) is -2.11. The smallest absolute Gasteiger partial charge is 0.243 e. The highest BCUT2D eigenvalue weighted by Gasteiger charge is 2.35. The molecule has 0 unspecified atom stereocenters. The standard InChI is InChI=1S/C11H15FN2O2S/c1-7-10(12)5-9(6-11(7)13)17(15,16)14(2)8-3-4-8/h5-6,8H,3-4,13H2,1-2H3. The minimum absolute atomic E-state index is 0.0468. The summed E-state index contributed by atoms with van der Waals surface area (Å²) in [4.78, 5) is -0.0764. The van der Waals surface area contributed by atoms with E-state index in [0.717, 1.165) is 18.9 Å². The lowest BCUT2D eigenvalue weighted by atomic mass is 10.2. The predicted octanol–water partition coefficient (Wildman–Crippen LogP) is 1.50. The van der Waals surface area contributed by atoms with Crippen LogP contribution in [0.15, 0.2) is 17.0 Å². The Morgan fingerprint density at radius 2 is 2.00 bits per heavy atom. The van der Waals surface area contributed by atoms with Crippen LogP contribution in [0.3, 0.4) is 0 Å². The van der Waals surface area contributed by atoms with Crippen molar-refractivity contribution in [3.05, 3.63) is 23.5 Å². The van der Waals surface area contributed by atoms with Gasteiger partial charge in [-0.3, -0.25) is 0 Å². The molecule has 0 spiro atoms. The first-order valence-corrected chi connectivity index (χ1v) is 6.81. The highest BCUT2D eigenvalue weighted by molar-refractivity contribution is 7.89. The monoisotopic (exact) mass is 258 g/mol. The molecule has 1 fully saturated rings. The van der Waals surface area contributed by atoms with Crippen molar-refractivity contribution < 1.29 is 12.8 Å². The van der Waals surface area contributed by atoms with Crippen molar-refractivity contribution in [1.29, 1.82) is 0 Å². The molecular formula is C11H15FN2O2S. The summed E-state index contributed by atoms with van der Waals surface area (Å²) in [5.74, 6) is -0.590. The maximum absolute atomic E-state index is 13.5. The Morgan fingerprint density at radius 1 is 1.41 bits per heavy atom. The molecule has 1 aromatic rings. The second-order valence-corrected chi connectivity index (χ2v) is 6.37. The van der Waals surface area contributed by atoms with Gasteiger partial charge in [0, 0.05) is 24.3 Å². The van der Waals surface area contributed by atoms with E-state index >= 15 is 0 Å². The van der Waals surface area contributed by atoms with Crippen LogP contribution in [0.25, 0.3) is 0 Å². The van der Waals surface area contributed by atoms with E-state index in [1.807, 2.05) is 0 Å². The van der Waals surface area contributed by atoms with Crippen molar-refractivity contribution in [3.8, 4) is 0 Å². The molecule has 6 heteroatoms. The lowest BCUT2D eigenvalue weighted by Gasteiger charge is -2.17. The van der Waals surface area contributed by atoms with Gasteiger partial charge < -0.3 is 5.73 Å². The first-order chi connectivity index (χ1) is 7.84. The van der Waals surface area contributed by atoms with Gasteiger partial charge in [0.1, 0.15) is 5.82 Å². The second-order valence-electron chi connectivity index (χ2n) is 4.37. The fourth-order valence-corrected chi connectivity index (χ4v) is 3.09. The highest BCUT2D eigenvalue weighted by Crippen LogP contribution is 2.31. The molecule has 94 valence electrons. The van der Waals surface area contributed by atoms with E-state index in [1.165, 1.54) is 24.3 Å². The molecule has 4 nitrogen and oxygen atoms in total. The molecule has 1 aliphatic rings. The largest absolute Gasteiger partial charge is 0.398 e. The van der Waals surface area contributed by atoms with E-state index in [1.54, 1.807) is 0 Å². The van der Waals surface area contributed by atoms with E-state index in [4.69, 9.17) is 5.73 Å². The molecule has 0 heterocycles. The van der Waals surface area contributed by atoms with Crippen molar-refractivity contribution in [2.24, 2.45) is 0 Å². The van der Waals surface area contributed by atoms with E-state index in [0.29, 0.717) is 0 Å². The lowest BCUT2D eigenvalue weighted by Crippen LogP contribution is -2.29. The van der Waals surface area contributed by atoms with Crippen LogP contribution in [0.4, 0.5) is 10.1 Å². The average molecular weight is 258 g/mol. The number of anilines is 1. The molecule has 0 radical (unpaired) electrons. The molecular weight excluding hydrogens is 243 g/mol. The number of rotatable bonds is 3. The summed E-state index contributed by atoms with van der Waals surface area (Å²) < 4.78 is 39.0. The van der Waals surface area contributed by atoms with E-state index in [9.17, 15) is 12.8 Å². The molecule has 0 amide bonds. The molecule has 0 saturated heterocycles. The van der Waals surface area contributed by atoms with Crippen molar-refractivity contribution in [2.75, 3.05) is 12.8 Å². The number of benzene rings is 1. The van der Waals surface area contributed by atoms with Crippen LogP contribution >= 0.6 is 0 Å². The van der Waals surface area contributed by atoms with Gasteiger partial charge in [0.05, 0.1) is 4.90 Å². The van der Waals surface area contributed by atoms with E-state index in [-0.39, 0.29) is 22.2 Å². The first kappa shape index (κ1) is 12.3. The summed E-state index contributed by atoms with van der Waals surface area (Å²) in [6.07, 6.45) is 1.72. The van der Waals surface area contributed by atoms with Crippen LogP contribution in [-0.4, -0.2) is 25.8 Å². The Hall–Kier alpha value is -1.14. The van der Waals surface area contributed by atoms with Crippen molar-refractivity contribution in [2.45, 2.75) is 30.7 Å². The molecule has 1 aliphatic carbocycles. The van der Waals surface area contributed by atoms with Gasteiger partial charge in [-0.05, 0) is 31.9 Å². The number of halogens is 1. The topological polar surface area (TPSA) is 63.4 Å². The lowest BCUT2D eigenvalue weighted by molar-refractivity contribution is 0.463. The average Bonchev–Trinajstić information content (AvgIpc) is 3.07. The zero-order valence-corrected chi connectivity index (χ0v) is 10.6. The van der Waals surface area contributed by atoms with Gasteiger partial charge in [-0.25, -0.2) is 12.8 Å². The number of sulfonamides is 1. The number of nitrogen functional groups attached to an aromatic ring is 1. The zero-order valence-electron chi connectivity index (χ0n) is 9.77. The van der Waals surface area contributed by atoms with Gasteiger partial charge in [-0.2, -0.15) is 4.31 Å². The third kappa shape index (κ3) is 2.14. The molecule has 0 aromatic heterocycles. The molecule has 1 aromatic carbocycles. The summed E-state index contributed by atoms with van der Waals surface area (Å²) in [5, 5.41) is 0. The van der Waals surface area contributed by atoms with Crippen molar-refractivity contribution in [3.63, 3.8) is 0 Å². The minimum Gasteiger partial charge on any atom is -0.398 e. The third-order valence-electron chi connectivity index (χ3n) is 3.10. The number of nitrogens with zero attached hydrogens (tertiary/aromatic N) is 1. The summed E-state index contributed by atoms with van der Waals surface area (Å²) >= 11 is 0. The Balaban J connectivity index is 2.46. The molecule has 2 rings (SSSR count). The summed E-state index contributed by atoms with van der Waals surface area (Å²) in [6, 6.07) is 2.39. The zero-order chi connectivity index (χ0) is 12.8. The fourth-order valence-electron chi connectivity index (χ4n) is 1.62. The molecule has 0 bridgehead atoms. The van der Waals surface area contributed by atoms with Gasteiger partial charge >= 0.3 is 0 Å². The molecule has 0 atom stereocenters. The van der Waals surface area contributed by atoms with Gasteiger partial charge in [0.2, 0.25) is 10.0 Å². The van der Waals surface area contributed by atoms with Gasteiger partial charge in [-0.1, -0.05) is 0 Å². The first-order valence-electron chi connectivity index (χ1n) is 5.37. The number of nitrogens with two attached hydrogens (primary N) is 1. The van der Waals surface area contributed by atoms with Crippen molar-refractivity contribution >= 4 is 15.7 Å². The normalized spacial score (nSPS) is 16.5. The molecule has 0 aliphatic heterocycles. The van der Waals surface area contributed by atoms with Gasteiger partial charge in [-0.15, -0.1) is 0 Å². The third-order valence-corrected chi connectivity index (χ3v) is 4.98. The Bertz CT molecular complexity index is 530. The minimum atomic E-state index is -3.62. The van der Waals surface area contributed by atoms with Crippen LogP contribution in [-0.2, 0) is 10.0 Å². The Morgan fingerprint density at radius 3 is 2.47 bits per heavy atom. The SMILES string of the molecule is Cc1c(N)cc(S(=O)(=O)N(C)C2CC2)cc1F. The van der Waals surface area contributed by atoms with Crippen molar-refractivity contribution in [1.82, 2.24) is 4.31 Å². The summed E-state index contributed by atoms with van der Waals surface area (Å²) in [6.45, 7) is 1.52. The quantitative estimate of drug-likeness (QED) is 0.836. The van der Waals surface area contributed by atoms with Gasteiger partial charge in [0.25, 0.3) is 0 Å². The van der Waals surface area contributed by atoms with Crippen LogP contribution < -0.4 is 5.73 Å².